The number of nitrogens with one attached hydrogen (secondary N) is 1. The first kappa shape index (κ1) is 19.5. The van der Waals surface area contributed by atoms with E-state index in [4.69, 9.17) is 9.47 Å². The number of ether oxygens (including phenoxy) is 2. The first-order valence-corrected chi connectivity index (χ1v) is 9.98. The van der Waals surface area contributed by atoms with Gasteiger partial charge in [0.2, 0.25) is 15.9 Å². The second-order valence-corrected chi connectivity index (χ2v) is 8.25. The normalized spacial score (nSPS) is 16.4. The fraction of sp³-hybridized carbons (Fsp3) is 0.588. The van der Waals surface area contributed by atoms with Gasteiger partial charge in [-0.15, -0.1) is 0 Å². The third-order valence-corrected chi connectivity index (χ3v) is 6.30. The summed E-state index contributed by atoms with van der Waals surface area (Å²) < 4.78 is 35.7. The van der Waals surface area contributed by atoms with Gasteiger partial charge in [0.25, 0.3) is 0 Å². The molecule has 0 aliphatic carbocycles. The number of amides is 1. The highest BCUT2D eigenvalue weighted by molar-refractivity contribution is 7.89. The zero-order valence-corrected chi connectivity index (χ0v) is 15.8. The average Bonchev–Trinajstić information content (AvgIpc) is 2.62. The van der Waals surface area contributed by atoms with Crippen LogP contribution in [0.2, 0.25) is 0 Å². The van der Waals surface area contributed by atoms with Crippen LogP contribution in [0.4, 0.5) is 0 Å². The van der Waals surface area contributed by atoms with Crippen LogP contribution >= 0.6 is 0 Å². The molecule has 1 aliphatic heterocycles. The van der Waals surface area contributed by atoms with Gasteiger partial charge in [0.15, 0.2) is 0 Å². The van der Waals surface area contributed by atoms with Crippen LogP contribution in [-0.4, -0.2) is 57.7 Å². The lowest BCUT2D eigenvalue weighted by atomic mass is 10.1. The van der Waals surface area contributed by atoms with Crippen LogP contribution in [0.25, 0.3) is 0 Å². The highest BCUT2D eigenvalue weighted by atomic mass is 32.2. The SMILES string of the molecule is CCS(=O)(=O)N1CCC(NC(=O)Cc2ccc(OC)cc2OC)CC1. The molecule has 0 radical (unpaired) electrons. The maximum Gasteiger partial charge on any atom is 0.224 e. The van der Waals surface area contributed by atoms with Crippen LogP contribution in [0.15, 0.2) is 18.2 Å². The van der Waals surface area contributed by atoms with Gasteiger partial charge in [-0.25, -0.2) is 12.7 Å². The van der Waals surface area contributed by atoms with E-state index in [2.05, 4.69) is 5.32 Å². The van der Waals surface area contributed by atoms with Crippen molar-refractivity contribution in [2.45, 2.75) is 32.2 Å². The monoisotopic (exact) mass is 370 g/mol. The Labute approximate surface area is 149 Å². The van der Waals surface area contributed by atoms with Crippen LogP contribution in [0.3, 0.4) is 0 Å². The molecule has 1 saturated heterocycles. The van der Waals surface area contributed by atoms with Crippen molar-refractivity contribution >= 4 is 15.9 Å². The molecule has 0 spiro atoms. The molecular formula is C17H26N2O5S. The van der Waals surface area contributed by atoms with Crippen molar-refractivity contribution in [2.75, 3.05) is 33.1 Å². The van der Waals surface area contributed by atoms with Crippen molar-refractivity contribution in [1.29, 1.82) is 0 Å². The van der Waals surface area contributed by atoms with E-state index in [1.165, 1.54) is 4.31 Å². The standard InChI is InChI=1S/C17H26N2O5S/c1-4-25(21,22)19-9-7-14(8-10-19)18-17(20)11-13-5-6-15(23-2)12-16(13)24-3/h5-6,12,14H,4,7-11H2,1-3H3,(H,18,20). The van der Waals surface area contributed by atoms with E-state index >= 15 is 0 Å². The topological polar surface area (TPSA) is 84.9 Å². The Kier molecular flexibility index (Phi) is 6.66. The Bertz CT molecular complexity index is 697. The molecule has 1 N–H and O–H groups in total. The van der Waals surface area contributed by atoms with Gasteiger partial charge in [0, 0.05) is 30.8 Å². The minimum absolute atomic E-state index is 0.0000457. The third-order valence-electron chi connectivity index (χ3n) is 4.42. The predicted octanol–water partition coefficient (Wildman–Crippen LogP) is 1.18. The summed E-state index contributed by atoms with van der Waals surface area (Å²) in [6.07, 6.45) is 1.47. The van der Waals surface area contributed by atoms with E-state index in [-0.39, 0.29) is 24.1 Å². The molecule has 0 unspecified atom stereocenters. The van der Waals surface area contributed by atoms with Crippen LogP contribution in [0, 0.1) is 0 Å². The lowest BCUT2D eigenvalue weighted by molar-refractivity contribution is -0.121. The Hall–Kier alpha value is -1.80. The van der Waals surface area contributed by atoms with Crippen molar-refractivity contribution in [2.24, 2.45) is 0 Å². The first-order chi connectivity index (χ1) is 11.9. The molecule has 0 aromatic heterocycles. The molecule has 1 fully saturated rings. The number of nitrogens with zero attached hydrogens (tertiary/aromatic N) is 1. The minimum Gasteiger partial charge on any atom is -0.497 e. The van der Waals surface area contributed by atoms with E-state index in [0.29, 0.717) is 37.4 Å². The van der Waals surface area contributed by atoms with Gasteiger partial charge in [-0.3, -0.25) is 4.79 Å². The number of methoxy groups -OCH3 is 2. The number of hydrogen-bond acceptors (Lipinski definition) is 5. The summed E-state index contributed by atoms with van der Waals surface area (Å²) >= 11 is 0. The fourth-order valence-electron chi connectivity index (χ4n) is 2.91. The molecule has 0 saturated carbocycles. The number of rotatable bonds is 7. The van der Waals surface area contributed by atoms with Gasteiger partial charge in [0.05, 0.1) is 26.4 Å². The number of sulfonamides is 1. The molecule has 2 rings (SSSR count). The van der Waals surface area contributed by atoms with Gasteiger partial charge in [-0.1, -0.05) is 6.07 Å². The molecule has 7 nitrogen and oxygen atoms in total. The third kappa shape index (κ3) is 5.09. The minimum atomic E-state index is -3.15. The van der Waals surface area contributed by atoms with E-state index < -0.39 is 10.0 Å². The Morgan fingerprint density at radius 2 is 1.92 bits per heavy atom. The summed E-state index contributed by atoms with van der Waals surface area (Å²) in [5, 5.41) is 2.99. The highest BCUT2D eigenvalue weighted by Gasteiger charge is 2.27. The van der Waals surface area contributed by atoms with E-state index in [1.54, 1.807) is 33.3 Å². The van der Waals surface area contributed by atoms with Crippen LogP contribution < -0.4 is 14.8 Å². The predicted molar refractivity (Wildman–Crippen MR) is 95.4 cm³/mol. The molecule has 1 aliphatic rings. The summed E-state index contributed by atoms with van der Waals surface area (Å²) in [7, 11) is -0.0138. The molecular weight excluding hydrogens is 344 g/mol. The van der Waals surface area contributed by atoms with Gasteiger partial charge < -0.3 is 14.8 Å². The van der Waals surface area contributed by atoms with Crippen LogP contribution in [0.5, 0.6) is 11.5 Å². The average molecular weight is 370 g/mol. The van der Waals surface area contributed by atoms with Crippen molar-refractivity contribution in [3.05, 3.63) is 23.8 Å². The molecule has 1 aromatic rings. The molecule has 8 heteroatoms. The fourth-order valence-corrected chi connectivity index (χ4v) is 4.04. The largest absolute Gasteiger partial charge is 0.497 e. The van der Waals surface area contributed by atoms with E-state index in [0.717, 1.165) is 5.56 Å². The molecule has 0 atom stereocenters. The second-order valence-electron chi connectivity index (χ2n) is 6.00. The molecule has 25 heavy (non-hydrogen) atoms. The lowest BCUT2D eigenvalue weighted by Gasteiger charge is -2.31. The number of carbonyl (C=O) groups is 1. The van der Waals surface area contributed by atoms with Gasteiger partial charge in [0.1, 0.15) is 11.5 Å². The summed E-state index contributed by atoms with van der Waals surface area (Å²) in [4.78, 5) is 12.3. The number of carbonyl (C=O) groups excluding carboxylic acids is 1. The zero-order valence-electron chi connectivity index (χ0n) is 14.9. The molecule has 1 amide bonds. The first-order valence-electron chi connectivity index (χ1n) is 8.37. The zero-order chi connectivity index (χ0) is 18.4. The molecule has 140 valence electrons. The van der Waals surface area contributed by atoms with Crippen molar-refractivity contribution in [3.8, 4) is 11.5 Å². The lowest BCUT2D eigenvalue weighted by Crippen LogP contribution is -2.47. The highest BCUT2D eigenvalue weighted by Crippen LogP contribution is 2.25. The van der Waals surface area contributed by atoms with Crippen molar-refractivity contribution in [3.63, 3.8) is 0 Å². The summed E-state index contributed by atoms with van der Waals surface area (Å²) in [6.45, 7) is 2.55. The van der Waals surface area contributed by atoms with E-state index in [9.17, 15) is 13.2 Å². The number of benzene rings is 1. The van der Waals surface area contributed by atoms with Gasteiger partial charge in [-0.05, 0) is 25.8 Å². The van der Waals surface area contributed by atoms with Gasteiger partial charge in [-0.2, -0.15) is 0 Å². The van der Waals surface area contributed by atoms with Crippen LogP contribution in [0.1, 0.15) is 25.3 Å². The number of hydrogen-bond donors (Lipinski definition) is 1. The maximum absolute atomic E-state index is 12.3. The van der Waals surface area contributed by atoms with Crippen LogP contribution in [-0.2, 0) is 21.2 Å². The summed E-state index contributed by atoms with van der Waals surface area (Å²) in [5.41, 5.74) is 0.784. The van der Waals surface area contributed by atoms with Crippen molar-refractivity contribution in [1.82, 2.24) is 9.62 Å². The van der Waals surface area contributed by atoms with E-state index in [1.807, 2.05) is 6.07 Å². The molecule has 1 aromatic carbocycles. The summed E-state index contributed by atoms with van der Waals surface area (Å²) in [5.74, 6) is 1.30. The van der Waals surface area contributed by atoms with Gasteiger partial charge >= 0.3 is 0 Å². The Morgan fingerprint density at radius 3 is 2.48 bits per heavy atom. The Balaban J connectivity index is 1.90. The van der Waals surface area contributed by atoms with Crippen molar-refractivity contribution < 1.29 is 22.7 Å². The maximum atomic E-state index is 12.3. The number of piperidine rings is 1. The molecule has 0 bridgehead atoms. The summed E-state index contributed by atoms with van der Waals surface area (Å²) in [6, 6.07) is 5.35. The Morgan fingerprint density at radius 1 is 1.24 bits per heavy atom. The second kappa shape index (κ2) is 8.53. The smallest absolute Gasteiger partial charge is 0.224 e. The molecule has 1 heterocycles. The quantitative estimate of drug-likeness (QED) is 0.779.